The van der Waals surface area contributed by atoms with E-state index in [4.69, 9.17) is 15.2 Å². The van der Waals surface area contributed by atoms with Gasteiger partial charge in [-0.3, -0.25) is 0 Å². The Morgan fingerprint density at radius 3 is 2.79 bits per heavy atom. The van der Waals surface area contributed by atoms with Gasteiger partial charge in [-0.05, 0) is 50.3 Å². The summed E-state index contributed by atoms with van der Waals surface area (Å²) in [5.41, 5.74) is 5.84. The summed E-state index contributed by atoms with van der Waals surface area (Å²) in [7, 11) is 0. The normalized spacial score (nSPS) is 23.1. The first-order valence-corrected chi connectivity index (χ1v) is 7.25. The molecule has 1 saturated carbocycles. The molecule has 2 atom stereocenters. The van der Waals surface area contributed by atoms with Gasteiger partial charge >= 0.3 is 0 Å². The van der Waals surface area contributed by atoms with Crippen molar-refractivity contribution < 1.29 is 9.47 Å². The minimum atomic E-state index is 0.551. The van der Waals surface area contributed by atoms with Crippen LogP contribution in [0.2, 0.25) is 0 Å². The Morgan fingerprint density at radius 2 is 2.05 bits per heavy atom. The SMILES string of the molecule is CCOc1cccnc1OCC1CCCCC1CN. The molecule has 0 amide bonds. The third kappa shape index (κ3) is 3.83. The van der Waals surface area contributed by atoms with Crippen molar-refractivity contribution in [2.45, 2.75) is 32.6 Å². The van der Waals surface area contributed by atoms with Gasteiger partial charge in [-0.25, -0.2) is 4.98 Å². The minimum absolute atomic E-state index is 0.551. The molecule has 4 nitrogen and oxygen atoms in total. The monoisotopic (exact) mass is 264 g/mol. The van der Waals surface area contributed by atoms with Crippen LogP contribution in [0.25, 0.3) is 0 Å². The Balaban J connectivity index is 1.93. The van der Waals surface area contributed by atoms with Crippen molar-refractivity contribution in [3.8, 4) is 11.6 Å². The van der Waals surface area contributed by atoms with Gasteiger partial charge in [0.15, 0.2) is 5.75 Å². The fourth-order valence-electron chi connectivity index (χ4n) is 2.75. The summed E-state index contributed by atoms with van der Waals surface area (Å²) in [5.74, 6) is 2.47. The molecule has 1 aromatic heterocycles. The van der Waals surface area contributed by atoms with Crippen molar-refractivity contribution in [3.63, 3.8) is 0 Å². The molecular formula is C15H24N2O2. The number of hydrogen-bond acceptors (Lipinski definition) is 4. The molecule has 0 aliphatic heterocycles. The first-order valence-electron chi connectivity index (χ1n) is 7.25. The van der Waals surface area contributed by atoms with Gasteiger partial charge in [0.05, 0.1) is 13.2 Å². The van der Waals surface area contributed by atoms with Crippen molar-refractivity contribution in [2.24, 2.45) is 17.6 Å². The molecular weight excluding hydrogens is 240 g/mol. The maximum atomic E-state index is 5.87. The molecule has 1 aromatic rings. The molecule has 2 N–H and O–H groups in total. The smallest absolute Gasteiger partial charge is 0.256 e. The van der Waals surface area contributed by atoms with Gasteiger partial charge in [-0.15, -0.1) is 0 Å². The van der Waals surface area contributed by atoms with Crippen LogP contribution >= 0.6 is 0 Å². The van der Waals surface area contributed by atoms with Crippen molar-refractivity contribution in [3.05, 3.63) is 18.3 Å². The molecule has 0 saturated heterocycles. The predicted molar refractivity (Wildman–Crippen MR) is 75.4 cm³/mol. The third-order valence-corrected chi connectivity index (χ3v) is 3.84. The zero-order valence-electron chi connectivity index (χ0n) is 11.7. The van der Waals surface area contributed by atoms with Crippen LogP contribution in [0.1, 0.15) is 32.6 Å². The lowest BCUT2D eigenvalue weighted by molar-refractivity contribution is 0.145. The zero-order chi connectivity index (χ0) is 13.5. The van der Waals surface area contributed by atoms with Gasteiger partial charge in [-0.1, -0.05) is 12.8 Å². The molecule has 19 heavy (non-hydrogen) atoms. The number of pyridine rings is 1. The van der Waals surface area contributed by atoms with Gasteiger partial charge in [0.2, 0.25) is 0 Å². The van der Waals surface area contributed by atoms with E-state index in [1.807, 2.05) is 19.1 Å². The van der Waals surface area contributed by atoms with Crippen LogP contribution in [-0.4, -0.2) is 24.7 Å². The summed E-state index contributed by atoms with van der Waals surface area (Å²) in [5, 5.41) is 0. The van der Waals surface area contributed by atoms with E-state index in [-0.39, 0.29) is 0 Å². The van der Waals surface area contributed by atoms with E-state index in [9.17, 15) is 0 Å². The van der Waals surface area contributed by atoms with Crippen LogP contribution in [0.4, 0.5) is 0 Å². The highest BCUT2D eigenvalue weighted by atomic mass is 16.5. The molecule has 0 radical (unpaired) electrons. The van der Waals surface area contributed by atoms with E-state index in [1.165, 1.54) is 25.7 Å². The average Bonchev–Trinajstić information content (AvgIpc) is 2.47. The van der Waals surface area contributed by atoms with Gasteiger partial charge in [0.1, 0.15) is 0 Å². The standard InChI is InChI=1S/C15H24N2O2/c1-2-18-14-8-5-9-17-15(14)19-11-13-7-4-3-6-12(13)10-16/h5,8-9,12-13H,2-4,6-7,10-11,16H2,1H3. The Labute approximate surface area is 115 Å². The summed E-state index contributed by atoms with van der Waals surface area (Å²) in [4.78, 5) is 4.25. The van der Waals surface area contributed by atoms with Crippen molar-refractivity contribution >= 4 is 0 Å². The van der Waals surface area contributed by atoms with Crippen LogP contribution in [0, 0.1) is 11.8 Å². The largest absolute Gasteiger partial charge is 0.488 e. The number of hydrogen-bond donors (Lipinski definition) is 1. The lowest BCUT2D eigenvalue weighted by Gasteiger charge is -2.30. The fourth-order valence-corrected chi connectivity index (χ4v) is 2.75. The summed E-state index contributed by atoms with van der Waals surface area (Å²) in [6, 6.07) is 3.76. The maximum Gasteiger partial charge on any atom is 0.256 e. The highest BCUT2D eigenvalue weighted by Gasteiger charge is 2.24. The lowest BCUT2D eigenvalue weighted by atomic mass is 9.80. The maximum absolute atomic E-state index is 5.87. The molecule has 1 aliphatic carbocycles. The molecule has 106 valence electrons. The fraction of sp³-hybridized carbons (Fsp3) is 0.667. The van der Waals surface area contributed by atoms with Gasteiger partial charge in [-0.2, -0.15) is 0 Å². The molecule has 0 spiro atoms. The minimum Gasteiger partial charge on any atom is -0.488 e. The molecule has 0 bridgehead atoms. The van der Waals surface area contributed by atoms with E-state index in [1.54, 1.807) is 6.20 Å². The quantitative estimate of drug-likeness (QED) is 0.858. The number of nitrogens with two attached hydrogens (primary N) is 1. The van der Waals surface area contributed by atoms with Crippen molar-refractivity contribution in [2.75, 3.05) is 19.8 Å². The number of aromatic nitrogens is 1. The molecule has 1 aliphatic rings. The summed E-state index contributed by atoms with van der Waals surface area (Å²) in [6.45, 7) is 4.03. The summed E-state index contributed by atoms with van der Waals surface area (Å²) < 4.78 is 11.4. The number of ether oxygens (including phenoxy) is 2. The van der Waals surface area contributed by atoms with E-state index < -0.39 is 0 Å². The van der Waals surface area contributed by atoms with E-state index >= 15 is 0 Å². The number of nitrogens with zero attached hydrogens (tertiary/aromatic N) is 1. The Bertz CT molecular complexity index is 384. The first-order chi connectivity index (χ1) is 9.35. The van der Waals surface area contributed by atoms with Crippen LogP contribution in [0.15, 0.2) is 18.3 Å². The van der Waals surface area contributed by atoms with Crippen LogP contribution in [0.3, 0.4) is 0 Å². The van der Waals surface area contributed by atoms with Crippen LogP contribution < -0.4 is 15.2 Å². The average molecular weight is 264 g/mol. The molecule has 2 rings (SSSR count). The highest BCUT2D eigenvalue weighted by Crippen LogP contribution is 2.31. The second-order valence-electron chi connectivity index (χ2n) is 5.09. The van der Waals surface area contributed by atoms with E-state index in [0.717, 1.165) is 12.3 Å². The molecule has 1 fully saturated rings. The summed E-state index contributed by atoms with van der Waals surface area (Å²) >= 11 is 0. The molecule has 1 heterocycles. The topological polar surface area (TPSA) is 57.4 Å². The van der Waals surface area contributed by atoms with Gasteiger partial charge < -0.3 is 15.2 Å². The van der Waals surface area contributed by atoms with Crippen molar-refractivity contribution in [1.29, 1.82) is 0 Å². The Kier molecular flexibility index (Phi) is 5.45. The van der Waals surface area contributed by atoms with E-state index in [2.05, 4.69) is 4.98 Å². The highest BCUT2D eigenvalue weighted by molar-refractivity contribution is 5.32. The molecule has 0 aromatic carbocycles. The number of rotatable bonds is 6. The van der Waals surface area contributed by atoms with E-state index in [0.29, 0.717) is 30.9 Å². The molecule has 2 unspecified atom stereocenters. The second kappa shape index (κ2) is 7.34. The Morgan fingerprint density at radius 1 is 1.26 bits per heavy atom. The van der Waals surface area contributed by atoms with Crippen LogP contribution in [0.5, 0.6) is 11.6 Å². The second-order valence-corrected chi connectivity index (χ2v) is 5.09. The Hall–Kier alpha value is -1.29. The predicted octanol–water partition coefficient (Wildman–Crippen LogP) is 2.62. The lowest BCUT2D eigenvalue weighted by Crippen LogP contribution is -2.30. The van der Waals surface area contributed by atoms with Crippen LogP contribution in [-0.2, 0) is 0 Å². The van der Waals surface area contributed by atoms with Gasteiger partial charge in [0.25, 0.3) is 5.88 Å². The van der Waals surface area contributed by atoms with Crippen molar-refractivity contribution in [1.82, 2.24) is 4.98 Å². The summed E-state index contributed by atoms with van der Waals surface area (Å²) in [6.07, 6.45) is 6.75. The first kappa shape index (κ1) is 14.1. The molecule has 4 heteroatoms. The third-order valence-electron chi connectivity index (χ3n) is 3.84. The zero-order valence-corrected chi connectivity index (χ0v) is 11.7. The van der Waals surface area contributed by atoms with Gasteiger partial charge in [0, 0.05) is 6.20 Å².